The molecule has 1 aromatic carbocycles. The van der Waals surface area contributed by atoms with Gasteiger partial charge in [-0.1, -0.05) is 17.6 Å². The maximum Gasteiger partial charge on any atom is 0.258 e. The zero-order valence-corrected chi connectivity index (χ0v) is 17.9. The van der Waals surface area contributed by atoms with E-state index in [-0.39, 0.29) is 17.9 Å². The second-order valence-electron chi connectivity index (χ2n) is 9.43. The number of nitrogens with one attached hydrogen (secondary N) is 1. The van der Waals surface area contributed by atoms with Crippen LogP contribution in [0.15, 0.2) is 22.7 Å². The number of piperidine rings is 1. The van der Waals surface area contributed by atoms with Crippen LogP contribution in [0.1, 0.15) is 56.3 Å². The molecule has 1 N–H and O–H groups in total. The third-order valence-electron chi connectivity index (χ3n) is 7.44. The first-order chi connectivity index (χ1) is 15.2. The Hall–Kier alpha value is -2.45. The van der Waals surface area contributed by atoms with Gasteiger partial charge in [0.1, 0.15) is 0 Å². The van der Waals surface area contributed by atoms with Gasteiger partial charge in [0.25, 0.3) is 5.89 Å². The summed E-state index contributed by atoms with van der Waals surface area (Å²) in [6.45, 7) is 5.27. The number of fused-ring (bicyclic) bond motifs is 1. The number of ether oxygens (including phenoxy) is 1. The quantitative estimate of drug-likeness (QED) is 0.810. The van der Waals surface area contributed by atoms with Crippen molar-refractivity contribution in [1.82, 2.24) is 20.5 Å². The van der Waals surface area contributed by atoms with E-state index in [0.29, 0.717) is 17.8 Å². The largest absolute Gasteiger partial charge is 0.377 e. The molecule has 3 aliphatic heterocycles. The van der Waals surface area contributed by atoms with Gasteiger partial charge in [0, 0.05) is 36.5 Å². The lowest BCUT2D eigenvalue weighted by molar-refractivity contribution is -0.141. The molecule has 6 rings (SSSR count). The Morgan fingerprint density at radius 3 is 2.81 bits per heavy atom. The fourth-order valence-corrected chi connectivity index (χ4v) is 5.17. The summed E-state index contributed by atoms with van der Waals surface area (Å²) in [4.78, 5) is 19.5. The van der Waals surface area contributed by atoms with Gasteiger partial charge in [-0.15, -0.1) is 0 Å². The molecule has 31 heavy (non-hydrogen) atoms. The Morgan fingerprint density at radius 2 is 2.10 bits per heavy atom. The highest BCUT2D eigenvalue weighted by Gasteiger charge is 2.37. The number of rotatable bonds is 4. The number of amides is 1. The summed E-state index contributed by atoms with van der Waals surface area (Å²) in [5.74, 6) is 2.17. The monoisotopic (exact) mass is 423 g/mol. The van der Waals surface area contributed by atoms with E-state index in [2.05, 4.69) is 45.6 Å². The van der Waals surface area contributed by atoms with Crippen molar-refractivity contribution >= 4 is 11.6 Å². The number of carbonyl (C=O) groups is 1. The van der Waals surface area contributed by atoms with Crippen molar-refractivity contribution in [2.24, 2.45) is 5.92 Å². The van der Waals surface area contributed by atoms with Gasteiger partial charge in [0.2, 0.25) is 5.91 Å². The molecular formula is C23H29N5O3. The predicted molar refractivity (Wildman–Crippen MR) is 114 cm³/mol. The van der Waals surface area contributed by atoms with E-state index in [0.717, 1.165) is 63.4 Å². The van der Waals surface area contributed by atoms with E-state index >= 15 is 0 Å². The molecule has 8 heteroatoms. The molecule has 4 heterocycles. The molecule has 2 aromatic rings. The Labute approximate surface area is 181 Å². The number of anilines is 1. The van der Waals surface area contributed by atoms with Crippen molar-refractivity contribution in [2.75, 3.05) is 24.8 Å². The predicted octanol–water partition coefficient (Wildman–Crippen LogP) is 2.85. The molecule has 1 saturated carbocycles. The molecule has 0 radical (unpaired) electrons. The van der Waals surface area contributed by atoms with Crippen LogP contribution in [0.5, 0.6) is 0 Å². The molecule has 164 valence electrons. The molecule has 2 atom stereocenters. The number of likely N-dealkylation sites (tertiary alicyclic amines) is 1. The number of hydrogen-bond acceptors (Lipinski definition) is 7. The maximum atomic E-state index is 12.7. The van der Waals surface area contributed by atoms with Crippen LogP contribution < -0.4 is 10.4 Å². The van der Waals surface area contributed by atoms with Crippen LogP contribution in [0.3, 0.4) is 0 Å². The highest BCUT2D eigenvalue weighted by Crippen LogP contribution is 2.36. The number of hydrazine groups is 1. The number of benzene rings is 1. The lowest BCUT2D eigenvalue weighted by Gasteiger charge is -2.40. The lowest BCUT2D eigenvalue weighted by Crippen LogP contribution is -2.53. The molecule has 0 unspecified atom stereocenters. The van der Waals surface area contributed by atoms with Gasteiger partial charge in [0.15, 0.2) is 5.82 Å². The lowest BCUT2D eigenvalue weighted by atomic mass is 9.82. The summed E-state index contributed by atoms with van der Waals surface area (Å²) in [5, 5.41) is 6.52. The van der Waals surface area contributed by atoms with Crippen molar-refractivity contribution in [3.8, 4) is 11.5 Å². The Morgan fingerprint density at radius 1 is 1.23 bits per heavy atom. The Bertz CT molecular complexity index is 983. The molecule has 1 aromatic heterocycles. The van der Waals surface area contributed by atoms with E-state index in [4.69, 9.17) is 14.2 Å². The molecule has 3 fully saturated rings. The summed E-state index contributed by atoms with van der Waals surface area (Å²) in [7, 11) is 0. The van der Waals surface area contributed by atoms with Crippen molar-refractivity contribution in [1.29, 1.82) is 0 Å². The fourth-order valence-electron chi connectivity index (χ4n) is 5.17. The van der Waals surface area contributed by atoms with Crippen LogP contribution in [0, 0.1) is 5.92 Å². The molecule has 1 aliphatic carbocycles. The van der Waals surface area contributed by atoms with Crippen molar-refractivity contribution in [3.05, 3.63) is 29.6 Å². The van der Waals surface area contributed by atoms with E-state index in [1.54, 1.807) is 0 Å². The van der Waals surface area contributed by atoms with E-state index < -0.39 is 0 Å². The smallest absolute Gasteiger partial charge is 0.258 e. The summed E-state index contributed by atoms with van der Waals surface area (Å²) in [5.41, 5.74) is 6.83. The van der Waals surface area contributed by atoms with Gasteiger partial charge in [-0.05, 0) is 50.3 Å². The molecule has 1 amide bonds. The standard InChI is InChI=1S/C23H29N5O3/c1-14-9-16(7-8-27(14)23(29)15-3-2-4-15)21-25-22(31-26-21)17-5-6-18-11-24-28(20(18)10-17)19-12-30-13-19/h5-6,10,14-16,19,24H,2-4,7-9,11-13H2,1H3/t14-,16+/m1/s1. The average Bonchev–Trinajstić information content (AvgIpc) is 3.33. The molecule has 0 spiro atoms. The number of carbonyl (C=O) groups excluding carboxylic acids is 1. The summed E-state index contributed by atoms with van der Waals surface area (Å²) < 4.78 is 11.0. The van der Waals surface area contributed by atoms with Crippen LogP contribution in [-0.2, 0) is 16.1 Å². The molecule has 4 aliphatic rings. The van der Waals surface area contributed by atoms with Gasteiger partial charge < -0.3 is 19.2 Å². The third kappa shape index (κ3) is 3.32. The summed E-state index contributed by atoms with van der Waals surface area (Å²) >= 11 is 0. The first kappa shape index (κ1) is 19.3. The van der Waals surface area contributed by atoms with E-state index in [1.807, 2.05) is 0 Å². The van der Waals surface area contributed by atoms with Gasteiger partial charge in [0.05, 0.1) is 24.9 Å². The number of hydrogen-bond donors (Lipinski definition) is 1. The minimum Gasteiger partial charge on any atom is -0.377 e. The fraction of sp³-hybridized carbons (Fsp3) is 0.609. The highest BCUT2D eigenvalue weighted by molar-refractivity contribution is 5.80. The van der Waals surface area contributed by atoms with Gasteiger partial charge in [-0.2, -0.15) is 4.98 Å². The molecule has 0 bridgehead atoms. The molecule has 8 nitrogen and oxygen atoms in total. The number of aromatic nitrogens is 2. The SMILES string of the molecule is C[C@@H]1C[C@@H](c2noc(-c3ccc4c(c3)N(C3COC3)NC4)n2)CCN1C(=O)C1CCC1. The Kier molecular flexibility index (Phi) is 4.72. The van der Waals surface area contributed by atoms with E-state index in [9.17, 15) is 4.79 Å². The van der Waals surface area contributed by atoms with Gasteiger partial charge in [-0.25, -0.2) is 5.43 Å². The highest BCUT2D eigenvalue weighted by atomic mass is 16.5. The normalized spacial score (nSPS) is 26.5. The van der Waals surface area contributed by atoms with Crippen LogP contribution in [0.25, 0.3) is 11.5 Å². The van der Waals surface area contributed by atoms with Crippen LogP contribution in [0.4, 0.5) is 5.69 Å². The Balaban J connectivity index is 1.16. The van der Waals surface area contributed by atoms with Gasteiger partial charge in [-0.3, -0.25) is 4.79 Å². The average molecular weight is 424 g/mol. The second-order valence-corrected chi connectivity index (χ2v) is 9.43. The zero-order valence-electron chi connectivity index (χ0n) is 17.9. The minimum atomic E-state index is 0.220. The van der Waals surface area contributed by atoms with Crippen molar-refractivity contribution in [3.63, 3.8) is 0 Å². The minimum absolute atomic E-state index is 0.220. The summed E-state index contributed by atoms with van der Waals surface area (Å²) in [6.07, 6.45) is 5.09. The van der Waals surface area contributed by atoms with Crippen LogP contribution >= 0.6 is 0 Å². The first-order valence-electron chi connectivity index (χ1n) is 11.6. The van der Waals surface area contributed by atoms with Gasteiger partial charge >= 0.3 is 0 Å². The molecule has 2 saturated heterocycles. The second kappa shape index (κ2) is 7.60. The van der Waals surface area contributed by atoms with Crippen molar-refractivity contribution < 1.29 is 14.1 Å². The summed E-state index contributed by atoms with van der Waals surface area (Å²) in [6, 6.07) is 6.92. The maximum absolute atomic E-state index is 12.7. The van der Waals surface area contributed by atoms with Crippen LogP contribution in [-0.4, -0.2) is 52.8 Å². The third-order valence-corrected chi connectivity index (χ3v) is 7.44. The van der Waals surface area contributed by atoms with E-state index in [1.165, 1.54) is 17.7 Å². The number of nitrogens with zero attached hydrogens (tertiary/aromatic N) is 4. The van der Waals surface area contributed by atoms with Crippen molar-refractivity contribution in [2.45, 2.75) is 63.6 Å². The zero-order chi connectivity index (χ0) is 20.9. The topological polar surface area (TPSA) is 83.7 Å². The first-order valence-corrected chi connectivity index (χ1v) is 11.6. The van der Waals surface area contributed by atoms with Crippen LogP contribution in [0.2, 0.25) is 0 Å². The molecular weight excluding hydrogens is 394 g/mol.